The van der Waals surface area contributed by atoms with E-state index in [0.29, 0.717) is 0 Å². The number of hydrogen-bond donors (Lipinski definition) is 1. The van der Waals surface area contributed by atoms with E-state index >= 15 is 0 Å². The quantitative estimate of drug-likeness (QED) is 0.863. The van der Waals surface area contributed by atoms with Crippen LogP contribution < -0.4 is 15.0 Å². The topological polar surface area (TPSA) is 41.6 Å². The van der Waals surface area contributed by atoms with Gasteiger partial charge < -0.3 is 15.0 Å². The van der Waals surface area contributed by atoms with E-state index in [9.17, 15) is 4.79 Å². The predicted octanol–water partition coefficient (Wildman–Crippen LogP) is 2.71. The van der Waals surface area contributed by atoms with E-state index in [2.05, 4.69) is 22.3 Å². The third-order valence-corrected chi connectivity index (χ3v) is 4.00. The summed E-state index contributed by atoms with van der Waals surface area (Å²) in [6.45, 7) is 0. The van der Waals surface area contributed by atoms with Crippen molar-refractivity contribution in [2.75, 3.05) is 17.3 Å². The molecule has 2 aromatic carbocycles. The highest BCUT2D eigenvalue weighted by Crippen LogP contribution is 2.45. The number of para-hydroxylation sites is 1. The Kier molecular flexibility index (Phi) is 2.27. The summed E-state index contributed by atoms with van der Waals surface area (Å²) in [7, 11) is 1.63. The monoisotopic (exact) mass is 266 g/mol. The van der Waals surface area contributed by atoms with Gasteiger partial charge in [-0.1, -0.05) is 18.2 Å². The van der Waals surface area contributed by atoms with Crippen molar-refractivity contribution in [2.24, 2.45) is 0 Å². The number of anilines is 3. The molecule has 1 amide bonds. The first kappa shape index (κ1) is 11.3. The highest BCUT2D eigenvalue weighted by atomic mass is 16.5. The second-order valence-corrected chi connectivity index (χ2v) is 5.09. The van der Waals surface area contributed by atoms with E-state index in [1.165, 1.54) is 5.56 Å². The van der Waals surface area contributed by atoms with E-state index in [1.807, 2.05) is 30.3 Å². The number of rotatable bonds is 1. The maximum Gasteiger partial charge on any atom is 0.247 e. The molecule has 1 atom stereocenters. The lowest BCUT2D eigenvalue weighted by Gasteiger charge is -2.33. The fourth-order valence-corrected chi connectivity index (χ4v) is 3.06. The van der Waals surface area contributed by atoms with E-state index in [4.69, 9.17) is 4.74 Å². The number of fused-ring (bicyclic) bond motifs is 5. The second kappa shape index (κ2) is 4.00. The minimum atomic E-state index is -0.145. The molecule has 4 heteroatoms. The number of benzene rings is 2. The summed E-state index contributed by atoms with van der Waals surface area (Å²) in [5, 5.41) is 2.98. The lowest BCUT2D eigenvalue weighted by molar-refractivity contribution is -0.117. The Morgan fingerprint density at radius 2 is 2.05 bits per heavy atom. The fourth-order valence-electron chi connectivity index (χ4n) is 3.06. The fraction of sp³-hybridized carbons (Fsp3) is 0.188. The molecule has 0 aliphatic carbocycles. The standard InChI is InChI=1S/C16H14N2O2/c1-20-11-6-7-14-12(9-11)17-16(19)15-8-10-4-2-3-5-13(10)18(14)15/h2-7,9,15H,8H2,1H3,(H,17,19). The van der Waals surface area contributed by atoms with Crippen molar-refractivity contribution in [1.29, 1.82) is 0 Å². The molecule has 0 fully saturated rings. The first-order valence-electron chi connectivity index (χ1n) is 6.64. The molecule has 1 N–H and O–H groups in total. The SMILES string of the molecule is COc1ccc2c(c1)NC(=O)C1Cc3ccccc3N21. The molecule has 2 aliphatic heterocycles. The number of carbonyl (C=O) groups is 1. The number of carbonyl (C=O) groups excluding carboxylic acids is 1. The van der Waals surface area contributed by atoms with Gasteiger partial charge in [-0.3, -0.25) is 4.79 Å². The van der Waals surface area contributed by atoms with Crippen molar-refractivity contribution >= 4 is 23.0 Å². The Morgan fingerprint density at radius 1 is 1.20 bits per heavy atom. The number of amides is 1. The average molecular weight is 266 g/mol. The number of ether oxygens (including phenoxy) is 1. The van der Waals surface area contributed by atoms with Gasteiger partial charge in [0, 0.05) is 18.2 Å². The molecule has 0 saturated heterocycles. The Balaban J connectivity index is 1.90. The molecule has 0 radical (unpaired) electrons. The van der Waals surface area contributed by atoms with Crippen molar-refractivity contribution in [1.82, 2.24) is 0 Å². The van der Waals surface area contributed by atoms with Crippen molar-refractivity contribution in [3.63, 3.8) is 0 Å². The van der Waals surface area contributed by atoms with Gasteiger partial charge >= 0.3 is 0 Å². The molecule has 0 spiro atoms. The van der Waals surface area contributed by atoms with Gasteiger partial charge in [0.25, 0.3) is 0 Å². The highest BCUT2D eigenvalue weighted by Gasteiger charge is 2.39. The van der Waals surface area contributed by atoms with Crippen molar-refractivity contribution < 1.29 is 9.53 Å². The van der Waals surface area contributed by atoms with Crippen LogP contribution in [0.4, 0.5) is 17.1 Å². The molecule has 2 aromatic rings. The largest absolute Gasteiger partial charge is 0.497 e. The normalized spacial score (nSPS) is 18.9. The molecule has 100 valence electrons. The Morgan fingerprint density at radius 3 is 2.90 bits per heavy atom. The predicted molar refractivity (Wildman–Crippen MR) is 77.7 cm³/mol. The van der Waals surface area contributed by atoms with Gasteiger partial charge in [-0.2, -0.15) is 0 Å². The van der Waals surface area contributed by atoms with E-state index in [0.717, 1.165) is 29.2 Å². The third kappa shape index (κ3) is 1.45. The minimum absolute atomic E-state index is 0.0435. The van der Waals surface area contributed by atoms with Crippen LogP contribution in [0.5, 0.6) is 5.75 Å². The zero-order chi connectivity index (χ0) is 13.7. The lowest BCUT2D eigenvalue weighted by Crippen LogP contribution is -2.43. The molecule has 20 heavy (non-hydrogen) atoms. The average Bonchev–Trinajstić information content (AvgIpc) is 2.87. The molecule has 1 unspecified atom stereocenters. The molecule has 2 heterocycles. The summed E-state index contributed by atoms with van der Waals surface area (Å²) in [6, 6.07) is 13.8. The summed E-state index contributed by atoms with van der Waals surface area (Å²) < 4.78 is 5.23. The van der Waals surface area contributed by atoms with Gasteiger partial charge in [0.2, 0.25) is 5.91 Å². The minimum Gasteiger partial charge on any atom is -0.497 e. The highest BCUT2D eigenvalue weighted by molar-refractivity contribution is 6.07. The van der Waals surface area contributed by atoms with Crippen LogP contribution in [0, 0.1) is 0 Å². The van der Waals surface area contributed by atoms with E-state index < -0.39 is 0 Å². The van der Waals surface area contributed by atoms with Gasteiger partial charge in [-0.05, 0) is 23.8 Å². The Hall–Kier alpha value is -2.49. The molecule has 0 saturated carbocycles. The van der Waals surface area contributed by atoms with Gasteiger partial charge in [0.15, 0.2) is 0 Å². The second-order valence-electron chi connectivity index (χ2n) is 5.09. The van der Waals surface area contributed by atoms with E-state index in [1.54, 1.807) is 7.11 Å². The van der Waals surface area contributed by atoms with Crippen LogP contribution in [0.15, 0.2) is 42.5 Å². The smallest absolute Gasteiger partial charge is 0.247 e. The maximum atomic E-state index is 12.3. The van der Waals surface area contributed by atoms with Crippen LogP contribution in [0.25, 0.3) is 0 Å². The molecule has 2 aliphatic rings. The Labute approximate surface area is 117 Å². The van der Waals surface area contributed by atoms with Crippen LogP contribution in [-0.4, -0.2) is 19.1 Å². The van der Waals surface area contributed by atoms with Gasteiger partial charge in [-0.25, -0.2) is 0 Å². The number of nitrogens with one attached hydrogen (secondary N) is 1. The van der Waals surface area contributed by atoms with E-state index in [-0.39, 0.29) is 11.9 Å². The van der Waals surface area contributed by atoms with Gasteiger partial charge in [0.1, 0.15) is 11.8 Å². The molecule has 0 aromatic heterocycles. The number of hydrogen-bond acceptors (Lipinski definition) is 3. The van der Waals surface area contributed by atoms with Gasteiger partial charge in [0.05, 0.1) is 18.5 Å². The van der Waals surface area contributed by atoms with Crippen molar-refractivity contribution in [3.05, 3.63) is 48.0 Å². The summed E-state index contributed by atoms with van der Waals surface area (Å²) in [4.78, 5) is 14.4. The third-order valence-electron chi connectivity index (χ3n) is 4.00. The van der Waals surface area contributed by atoms with Gasteiger partial charge in [-0.15, -0.1) is 0 Å². The summed E-state index contributed by atoms with van der Waals surface area (Å²) in [6.07, 6.45) is 0.757. The summed E-state index contributed by atoms with van der Waals surface area (Å²) in [5.74, 6) is 0.789. The zero-order valence-electron chi connectivity index (χ0n) is 11.1. The van der Waals surface area contributed by atoms with Crippen molar-refractivity contribution in [2.45, 2.75) is 12.5 Å². The first-order valence-corrected chi connectivity index (χ1v) is 6.64. The molecule has 0 bridgehead atoms. The van der Waals surface area contributed by atoms with Crippen LogP contribution in [-0.2, 0) is 11.2 Å². The van der Waals surface area contributed by atoms with Crippen LogP contribution in [0.3, 0.4) is 0 Å². The summed E-state index contributed by atoms with van der Waals surface area (Å²) >= 11 is 0. The van der Waals surface area contributed by atoms with Crippen LogP contribution >= 0.6 is 0 Å². The molecular formula is C16H14N2O2. The number of nitrogens with zero attached hydrogens (tertiary/aromatic N) is 1. The van der Waals surface area contributed by atoms with Crippen LogP contribution in [0.2, 0.25) is 0 Å². The number of methoxy groups -OCH3 is 1. The molecular weight excluding hydrogens is 252 g/mol. The maximum absolute atomic E-state index is 12.3. The first-order chi connectivity index (χ1) is 9.78. The zero-order valence-corrected chi connectivity index (χ0v) is 11.1. The van der Waals surface area contributed by atoms with Crippen LogP contribution in [0.1, 0.15) is 5.56 Å². The summed E-state index contributed by atoms with van der Waals surface area (Å²) in [5.41, 5.74) is 4.18. The molecule has 4 nitrogen and oxygen atoms in total. The lowest BCUT2D eigenvalue weighted by atomic mass is 10.1. The Bertz CT molecular complexity index is 711. The van der Waals surface area contributed by atoms with Crippen molar-refractivity contribution in [3.8, 4) is 5.75 Å². The molecule has 4 rings (SSSR count).